The summed E-state index contributed by atoms with van der Waals surface area (Å²) in [4.78, 5) is 26.0. The highest BCUT2D eigenvalue weighted by atomic mass is 32.1. The van der Waals surface area contributed by atoms with Crippen molar-refractivity contribution < 1.29 is 23.8 Å². The number of thiophene rings is 1. The Morgan fingerprint density at radius 2 is 2.08 bits per heavy atom. The van der Waals surface area contributed by atoms with E-state index in [1.54, 1.807) is 17.0 Å². The Kier molecular flexibility index (Phi) is 5.34. The first-order chi connectivity index (χ1) is 12.0. The molecule has 0 bridgehead atoms. The quantitative estimate of drug-likeness (QED) is 0.880. The Labute approximate surface area is 149 Å². The van der Waals surface area contributed by atoms with Crippen molar-refractivity contribution in [1.82, 2.24) is 4.90 Å². The Bertz CT molecular complexity index is 796. The van der Waals surface area contributed by atoms with E-state index < -0.39 is 5.97 Å². The molecule has 1 fully saturated rings. The van der Waals surface area contributed by atoms with Crippen LogP contribution in [0.2, 0.25) is 0 Å². The molecule has 0 radical (unpaired) electrons. The van der Waals surface area contributed by atoms with Gasteiger partial charge in [0.15, 0.2) is 0 Å². The lowest BCUT2D eigenvalue weighted by Gasteiger charge is -2.31. The molecule has 1 N–H and O–H groups in total. The highest BCUT2D eigenvalue weighted by Crippen LogP contribution is 2.35. The molecule has 3 rings (SSSR count). The monoisotopic (exact) mass is 365 g/mol. The van der Waals surface area contributed by atoms with Gasteiger partial charge in [-0.25, -0.2) is 4.39 Å². The molecule has 0 atom stereocenters. The summed E-state index contributed by atoms with van der Waals surface area (Å²) in [5.74, 6) is -1.16. The smallest absolute Gasteiger partial charge is 0.303 e. The van der Waals surface area contributed by atoms with Crippen LogP contribution in [-0.4, -0.2) is 42.1 Å². The molecule has 1 aliphatic rings. The minimum absolute atomic E-state index is 0.111. The molecule has 2 aromatic rings. The lowest BCUT2D eigenvalue weighted by Crippen LogP contribution is -2.38. The number of fused-ring (bicyclic) bond motifs is 1. The maximum Gasteiger partial charge on any atom is 0.303 e. The molecule has 5 nitrogen and oxygen atoms in total. The first-order valence-electron chi connectivity index (χ1n) is 8.21. The number of amides is 1. The number of carbonyl (C=O) groups is 2. The van der Waals surface area contributed by atoms with E-state index in [4.69, 9.17) is 9.84 Å². The fraction of sp³-hybridized carbons (Fsp3) is 0.444. The second kappa shape index (κ2) is 7.49. The first kappa shape index (κ1) is 17.8. The maximum absolute atomic E-state index is 14.2. The summed E-state index contributed by atoms with van der Waals surface area (Å²) in [5, 5.41) is 9.35. The number of hydrogen-bond donors (Lipinski definition) is 1. The normalized spacial score (nSPS) is 15.7. The zero-order chi connectivity index (χ0) is 18.0. The standard InChI is InChI=1S/C18H20FNO4S/c1-24-10-12-16-13(19)3-2-4-14(16)25-17(12)18(23)20-7-5-11(6-8-20)9-15(21)22/h2-4,11H,5-10H2,1H3,(H,21,22). The molecule has 134 valence electrons. The Morgan fingerprint density at radius 1 is 1.36 bits per heavy atom. The molecule has 1 aromatic heterocycles. The molecule has 1 aliphatic heterocycles. The van der Waals surface area contributed by atoms with E-state index in [2.05, 4.69) is 0 Å². The average molecular weight is 365 g/mol. The number of carboxylic acid groups (broad SMARTS) is 1. The third kappa shape index (κ3) is 3.67. The van der Waals surface area contributed by atoms with E-state index in [-0.39, 0.29) is 30.7 Å². The van der Waals surface area contributed by atoms with Crippen molar-refractivity contribution in [2.45, 2.75) is 25.9 Å². The number of benzene rings is 1. The van der Waals surface area contributed by atoms with Gasteiger partial charge in [0.05, 0.1) is 11.5 Å². The molecule has 7 heteroatoms. The summed E-state index contributed by atoms with van der Waals surface area (Å²) >= 11 is 1.29. The summed E-state index contributed by atoms with van der Waals surface area (Å²) in [7, 11) is 1.52. The van der Waals surface area contributed by atoms with Gasteiger partial charge in [-0.05, 0) is 30.9 Å². The van der Waals surface area contributed by atoms with Gasteiger partial charge < -0.3 is 14.7 Å². The van der Waals surface area contributed by atoms with Gasteiger partial charge in [-0.15, -0.1) is 11.3 Å². The SMILES string of the molecule is COCc1c(C(=O)N2CCC(CC(=O)O)CC2)sc2cccc(F)c12. The number of likely N-dealkylation sites (tertiary alicyclic amines) is 1. The number of aliphatic carboxylic acids is 1. The lowest BCUT2D eigenvalue weighted by atomic mass is 9.93. The van der Waals surface area contributed by atoms with Crippen LogP contribution in [0.25, 0.3) is 10.1 Å². The highest BCUT2D eigenvalue weighted by Gasteiger charge is 2.28. The molecular weight excluding hydrogens is 345 g/mol. The molecule has 0 spiro atoms. The molecule has 2 heterocycles. The number of halogens is 1. The van der Waals surface area contributed by atoms with Crippen LogP contribution in [0.15, 0.2) is 18.2 Å². The van der Waals surface area contributed by atoms with E-state index in [0.717, 1.165) is 4.70 Å². The predicted octanol–water partition coefficient (Wildman–Crippen LogP) is 3.51. The molecule has 1 aromatic carbocycles. The van der Waals surface area contributed by atoms with Crippen molar-refractivity contribution in [3.8, 4) is 0 Å². The van der Waals surface area contributed by atoms with E-state index in [1.807, 2.05) is 0 Å². The zero-order valence-corrected chi connectivity index (χ0v) is 14.8. The number of nitrogens with zero attached hydrogens (tertiary/aromatic N) is 1. The van der Waals surface area contributed by atoms with Crippen LogP contribution in [-0.2, 0) is 16.1 Å². The van der Waals surface area contributed by atoms with Gasteiger partial charge in [-0.2, -0.15) is 0 Å². The van der Waals surface area contributed by atoms with Crippen LogP contribution in [0.5, 0.6) is 0 Å². The highest BCUT2D eigenvalue weighted by molar-refractivity contribution is 7.21. The summed E-state index contributed by atoms with van der Waals surface area (Å²) in [5.41, 5.74) is 0.596. The number of carboxylic acids is 1. The summed E-state index contributed by atoms with van der Waals surface area (Å²) in [6, 6.07) is 4.83. The molecule has 0 aliphatic carbocycles. The predicted molar refractivity (Wildman–Crippen MR) is 93.4 cm³/mol. The third-order valence-electron chi connectivity index (χ3n) is 4.61. The average Bonchev–Trinajstić information content (AvgIpc) is 2.95. The van der Waals surface area contributed by atoms with E-state index in [1.165, 1.54) is 24.5 Å². The lowest BCUT2D eigenvalue weighted by molar-refractivity contribution is -0.138. The van der Waals surface area contributed by atoms with Crippen molar-refractivity contribution in [1.29, 1.82) is 0 Å². The van der Waals surface area contributed by atoms with Crippen LogP contribution in [0.1, 0.15) is 34.5 Å². The number of hydrogen-bond acceptors (Lipinski definition) is 4. The number of methoxy groups -OCH3 is 1. The van der Waals surface area contributed by atoms with Crippen molar-refractivity contribution in [2.75, 3.05) is 20.2 Å². The largest absolute Gasteiger partial charge is 0.481 e. The maximum atomic E-state index is 14.2. The summed E-state index contributed by atoms with van der Waals surface area (Å²) < 4.78 is 20.2. The molecule has 0 unspecified atom stereocenters. The Balaban J connectivity index is 1.84. The van der Waals surface area contributed by atoms with Crippen molar-refractivity contribution in [3.05, 3.63) is 34.5 Å². The molecular formula is C18H20FNO4S. The number of carbonyl (C=O) groups excluding carboxylic acids is 1. The summed E-state index contributed by atoms with van der Waals surface area (Å²) in [6.07, 6.45) is 1.50. The van der Waals surface area contributed by atoms with Gasteiger partial charge in [-0.1, -0.05) is 6.07 Å². The van der Waals surface area contributed by atoms with Crippen molar-refractivity contribution in [2.24, 2.45) is 5.92 Å². The number of piperidine rings is 1. The van der Waals surface area contributed by atoms with Gasteiger partial charge in [0.25, 0.3) is 5.91 Å². The van der Waals surface area contributed by atoms with Gasteiger partial charge in [0.1, 0.15) is 5.82 Å². The van der Waals surface area contributed by atoms with Gasteiger partial charge in [-0.3, -0.25) is 9.59 Å². The van der Waals surface area contributed by atoms with Crippen LogP contribution >= 0.6 is 11.3 Å². The van der Waals surface area contributed by atoms with Crippen molar-refractivity contribution in [3.63, 3.8) is 0 Å². The zero-order valence-electron chi connectivity index (χ0n) is 14.0. The molecule has 0 saturated carbocycles. The molecule has 25 heavy (non-hydrogen) atoms. The van der Waals surface area contributed by atoms with E-state index >= 15 is 0 Å². The first-order valence-corrected chi connectivity index (χ1v) is 9.02. The van der Waals surface area contributed by atoms with Crippen molar-refractivity contribution >= 4 is 33.3 Å². The minimum atomic E-state index is -0.799. The van der Waals surface area contributed by atoms with Crippen LogP contribution < -0.4 is 0 Å². The Hall–Kier alpha value is -1.99. The second-order valence-corrected chi connectivity index (χ2v) is 7.34. The Morgan fingerprint density at radius 3 is 2.72 bits per heavy atom. The van der Waals surface area contributed by atoms with Gasteiger partial charge in [0.2, 0.25) is 0 Å². The van der Waals surface area contributed by atoms with Crippen LogP contribution in [0.4, 0.5) is 4.39 Å². The van der Waals surface area contributed by atoms with Gasteiger partial charge >= 0.3 is 5.97 Å². The van der Waals surface area contributed by atoms with E-state index in [0.29, 0.717) is 41.8 Å². The fourth-order valence-electron chi connectivity index (χ4n) is 3.35. The topological polar surface area (TPSA) is 66.8 Å². The van der Waals surface area contributed by atoms with E-state index in [9.17, 15) is 14.0 Å². The van der Waals surface area contributed by atoms with Gasteiger partial charge in [0, 0.05) is 42.3 Å². The fourth-order valence-corrected chi connectivity index (χ4v) is 4.54. The van der Waals surface area contributed by atoms with Crippen LogP contribution in [0, 0.1) is 11.7 Å². The number of rotatable bonds is 5. The van der Waals surface area contributed by atoms with Crippen LogP contribution in [0.3, 0.4) is 0 Å². The third-order valence-corrected chi connectivity index (χ3v) is 5.80. The number of ether oxygens (including phenoxy) is 1. The second-order valence-electron chi connectivity index (χ2n) is 6.29. The minimum Gasteiger partial charge on any atom is -0.481 e. The molecule has 1 saturated heterocycles. The molecule has 1 amide bonds. The summed E-state index contributed by atoms with van der Waals surface area (Å²) in [6.45, 7) is 1.23.